The minimum absolute atomic E-state index is 0.162. The van der Waals surface area contributed by atoms with Gasteiger partial charge < -0.3 is 19.3 Å². The molecule has 0 saturated heterocycles. The zero-order valence-corrected chi connectivity index (χ0v) is 18.5. The first kappa shape index (κ1) is 20.9. The van der Waals surface area contributed by atoms with Crippen molar-refractivity contribution in [2.75, 3.05) is 20.8 Å². The topological polar surface area (TPSA) is 82.1 Å². The molecule has 6 heteroatoms. The summed E-state index contributed by atoms with van der Waals surface area (Å²) in [4.78, 5) is 24.4. The molecule has 0 aromatic heterocycles. The van der Waals surface area contributed by atoms with Crippen LogP contribution in [0.15, 0.2) is 30.3 Å². The summed E-state index contributed by atoms with van der Waals surface area (Å²) in [6, 6.07) is 9.55. The fourth-order valence-corrected chi connectivity index (χ4v) is 5.62. The number of ether oxygens (including phenoxy) is 3. The molecular weight excluding hydrogens is 408 g/mol. The van der Waals surface area contributed by atoms with Gasteiger partial charge in [0.05, 0.1) is 26.2 Å². The number of carbonyl (C=O) groups is 2. The molecule has 0 bridgehead atoms. The van der Waals surface area contributed by atoms with E-state index >= 15 is 0 Å². The van der Waals surface area contributed by atoms with Gasteiger partial charge in [0, 0.05) is 23.0 Å². The quantitative estimate of drug-likeness (QED) is 0.633. The molecule has 0 aliphatic heterocycles. The molecule has 0 spiro atoms. The van der Waals surface area contributed by atoms with Gasteiger partial charge in [-0.1, -0.05) is 24.6 Å². The van der Waals surface area contributed by atoms with E-state index in [1.807, 2.05) is 30.3 Å². The molecule has 0 radical (unpaired) electrons. The predicted molar refractivity (Wildman–Crippen MR) is 119 cm³/mol. The van der Waals surface area contributed by atoms with Crippen LogP contribution in [0.4, 0.5) is 0 Å². The number of rotatable bonds is 8. The summed E-state index contributed by atoms with van der Waals surface area (Å²) < 4.78 is 17.7. The maximum Gasteiger partial charge on any atom is 0.310 e. The number of ketones is 1. The van der Waals surface area contributed by atoms with E-state index in [-0.39, 0.29) is 11.2 Å². The minimum Gasteiger partial charge on any atom is -0.493 e. The van der Waals surface area contributed by atoms with Crippen molar-refractivity contribution < 1.29 is 28.9 Å². The molecule has 2 aromatic carbocycles. The Balaban J connectivity index is 1.56. The number of Topliss-reactive ketones (excluding diaryl/α,β-unsaturated/α-hetero) is 1. The molecule has 0 amide bonds. The van der Waals surface area contributed by atoms with Crippen molar-refractivity contribution in [2.24, 2.45) is 10.8 Å². The second-order valence-corrected chi connectivity index (χ2v) is 9.24. The molecule has 32 heavy (non-hydrogen) atoms. The number of carbonyl (C=O) groups excluding carboxylic acids is 1. The summed E-state index contributed by atoms with van der Waals surface area (Å²) in [7, 11) is 3.15. The average Bonchev–Trinajstić information content (AvgIpc) is 3.45. The van der Waals surface area contributed by atoms with E-state index in [1.165, 1.54) is 0 Å². The summed E-state index contributed by atoms with van der Waals surface area (Å²) in [6.07, 6.45) is 5.30. The first-order chi connectivity index (χ1) is 15.5. The van der Waals surface area contributed by atoms with E-state index in [2.05, 4.69) is 0 Å². The number of hydrogen-bond acceptors (Lipinski definition) is 5. The summed E-state index contributed by atoms with van der Waals surface area (Å²) in [5.74, 6) is 1.04. The SMILES string of the molecule is COc1ccc(-c2cccc3c2CCC3=O)c(OCC2(C3(C(=O)O)CCC3)CC2)c1OC. The normalized spacial score (nSPS) is 19.6. The van der Waals surface area contributed by atoms with E-state index in [1.54, 1.807) is 14.2 Å². The summed E-state index contributed by atoms with van der Waals surface area (Å²) in [5.41, 5.74) is 2.56. The monoisotopic (exact) mass is 436 g/mol. The van der Waals surface area contributed by atoms with Crippen molar-refractivity contribution in [3.05, 3.63) is 41.5 Å². The zero-order chi connectivity index (χ0) is 22.5. The zero-order valence-electron chi connectivity index (χ0n) is 18.5. The van der Waals surface area contributed by atoms with Crippen molar-refractivity contribution in [1.29, 1.82) is 0 Å². The molecule has 2 aromatic rings. The number of methoxy groups -OCH3 is 2. The molecule has 0 unspecified atom stereocenters. The Morgan fingerprint density at radius 2 is 1.69 bits per heavy atom. The Hall–Kier alpha value is -3.02. The average molecular weight is 437 g/mol. The third kappa shape index (κ3) is 2.92. The number of aliphatic carboxylic acids is 1. The summed E-state index contributed by atoms with van der Waals surface area (Å²) >= 11 is 0. The van der Waals surface area contributed by atoms with Crippen LogP contribution in [0.2, 0.25) is 0 Å². The van der Waals surface area contributed by atoms with Gasteiger partial charge in [-0.05, 0) is 55.4 Å². The summed E-state index contributed by atoms with van der Waals surface area (Å²) in [6.45, 7) is 0.323. The Morgan fingerprint density at radius 3 is 2.28 bits per heavy atom. The van der Waals surface area contributed by atoms with Crippen LogP contribution in [-0.4, -0.2) is 37.7 Å². The van der Waals surface area contributed by atoms with Crippen molar-refractivity contribution in [1.82, 2.24) is 0 Å². The van der Waals surface area contributed by atoms with Crippen LogP contribution in [0.5, 0.6) is 17.2 Å². The Labute approximate surface area is 187 Å². The lowest BCUT2D eigenvalue weighted by atomic mass is 9.59. The molecule has 2 fully saturated rings. The maximum absolute atomic E-state index is 12.3. The Kier molecular flexibility index (Phi) is 4.91. The first-order valence-corrected chi connectivity index (χ1v) is 11.2. The van der Waals surface area contributed by atoms with Gasteiger partial charge in [0.2, 0.25) is 5.75 Å². The molecule has 2 saturated carbocycles. The Bertz CT molecular complexity index is 1090. The minimum atomic E-state index is -0.706. The number of hydrogen-bond donors (Lipinski definition) is 1. The molecule has 5 rings (SSSR count). The van der Waals surface area contributed by atoms with Crippen LogP contribution in [0.25, 0.3) is 11.1 Å². The van der Waals surface area contributed by atoms with Crippen LogP contribution in [0, 0.1) is 10.8 Å². The standard InChI is InChI=1S/C26H28O6/c1-30-21-10-8-19(16-5-3-6-18-17(16)7-9-20(18)27)22(23(21)31-2)32-15-25(13-14-25)26(24(28)29)11-4-12-26/h3,5-6,8,10H,4,7,9,11-15H2,1-2H3,(H,28,29). The lowest BCUT2D eigenvalue weighted by molar-refractivity contribution is -0.163. The smallest absolute Gasteiger partial charge is 0.310 e. The van der Waals surface area contributed by atoms with Crippen LogP contribution in [-0.2, 0) is 11.2 Å². The largest absolute Gasteiger partial charge is 0.493 e. The van der Waals surface area contributed by atoms with Crippen LogP contribution in [0.1, 0.15) is 54.4 Å². The van der Waals surface area contributed by atoms with Gasteiger partial charge in [0.25, 0.3) is 0 Å². The highest BCUT2D eigenvalue weighted by molar-refractivity contribution is 6.02. The van der Waals surface area contributed by atoms with Crippen LogP contribution < -0.4 is 14.2 Å². The third-order valence-electron chi connectivity index (χ3n) is 7.85. The lowest BCUT2D eigenvalue weighted by Crippen LogP contribution is -2.48. The van der Waals surface area contributed by atoms with Crippen LogP contribution >= 0.6 is 0 Å². The third-order valence-corrected chi connectivity index (χ3v) is 7.85. The molecule has 168 valence electrons. The van der Waals surface area contributed by atoms with Crippen LogP contribution in [0.3, 0.4) is 0 Å². The summed E-state index contributed by atoms with van der Waals surface area (Å²) in [5, 5.41) is 9.97. The fourth-order valence-electron chi connectivity index (χ4n) is 5.62. The van der Waals surface area contributed by atoms with Crippen molar-refractivity contribution >= 4 is 11.8 Å². The van der Waals surface area contributed by atoms with E-state index in [9.17, 15) is 14.7 Å². The van der Waals surface area contributed by atoms with Crippen molar-refractivity contribution in [3.8, 4) is 28.4 Å². The predicted octanol–water partition coefficient (Wildman–Crippen LogP) is 4.91. The number of benzene rings is 2. The van der Waals surface area contributed by atoms with E-state index in [0.717, 1.165) is 41.5 Å². The second-order valence-electron chi connectivity index (χ2n) is 9.24. The molecule has 6 nitrogen and oxygen atoms in total. The fraction of sp³-hybridized carbons (Fsp3) is 0.462. The highest BCUT2D eigenvalue weighted by Crippen LogP contribution is 2.67. The van der Waals surface area contributed by atoms with Crippen molar-refractivity contribution in [2.45, 2.75) is 44.9 Å². The van der Waals surface area contributed by atoms with Gasteiger partial charge in [0.15, 0.2) is 17.3 Å². The van der Waals surface area contributed by atoms with E-state index in [4.69, 9.17) is 14.2 Å². The molecule has 3 aliphatic carbocycles. The highest BCUT2D eigenvalue weighted by atomic mass is 16.5. The molecular formula is C26H28O6. The van der Waals surface area contributed by atoms with Gasteiger partial charge in [-0.25, -0.2) is 0 Å². The van der Waals surface area contributed by atoms with Gasteiger partial charge in [-0.15, -0.1) is 0 Å². The van der Waals surface area contributed by atoms with Gasteiger partial charge in [0.1, 0.15) is 0 Å². The number of carboxylic acid groups (broad SMARTS) is 1. The van der Waals surface area contributed by atoms with Gasteiger partial charge >= 0.3 is 5.97 Å². The Morgan fingerprint density at radius 1 is 0.938 bits per heavy atom. The molecule has 0 atom stereocenters. The van der Waals surface area contributed by atoms with E-state index < -0.39 is 11.4 Å². The van der Waals surface area contributed by atoms with Gasteiger partial charge in [-0.2, -0.15) is 0 Å². The van der Waals surface area contributed by atoms with Crippen molar-refractivity contribution in [3.63, 3.8) is 0 Å². The number of fused-ring (bicyclic) bond motifs is 1. The highest BCUT2D eigenvalue weighted by Gasteiger charge is 2.66. The molecule has 3 aliphatic rings. The van der Waals surface area contributed by atoms with E-state index in [0.29, 0.717) is 49.5 Å². The maximum atomic E-state index is 12.3. The first-order valence-electron chi connectivity index (χ1n) is 11.2. The second kappa shape index (κ2) is 7.54. The molecule has 0 heterocycles. The molecule has 1 N–H and O–H groups in total. The van der Waals surface area contributed by atoms with Gasteiger partial charge in [-0.3, -0.25) is 9.59 Å². The lowest BCUT2D eigenvalue weighted by Gasteiger charge is -2.44. The number of carboxylic acids is 1.